The number of carbonyl (C=O) groups excluding carboxylic acids is 1. The maximum Gasteiger partial charge on any atom is 0.220 e. The summed E-state index contributed by atoms with van der Waals surface area (Å²) < 4.78 is 0. The Labute approximate surface area is 113 Å². The van der Waals surface area contributed by atoms with Crippen LogP contribution < -0.4 is 5.32 Å². The zero-order valence-corrected chi connectivity index (χ0v) is 11.0. The molecule has 0 bridgehead atoms. The van der Waals surface area contributed by atoms with Gasteiger partial charge >= 0.3 is 0 Å². The molecule has 1 fully saturated rings. The molecule has 1 amide bonds. The number of benzene rings is 1. The van der Waals surface area contributed by atoms with Crippen molar-refractivity contribution in [1.29, 1.82) is 0 Å². The van der Waals surface area contributed by atoms with Crippen molar-refractivity contribution < 1.29 is 15.0 Å². The third-order valence-corrected chi connectivity index (χ3v) is 3.85. The molecule has 1 aliphatic rings. The first-order valence-electron chi connectivity index (χ1n) is 6.88. The lowest BCUT2D eigenvalue weighted by atomic mass is 10.0. The molecule has 1 aromatic carbocycles. The smallest absolute Gasteiger partial charge is 0.220 e. The van der Waals surface area contributed by atoms with Gasteiger partial charge in [0, 0.05) is 25.0 Å². The molecule has 0 aliphatic heterocycles. The van der Waals surface area contributed by atoms with Gasteiger partial charge in [0.15, 0.2) is 0 Å². The Hall–Kier alpha value is -1.55. The molecule has 2 unspecified atom stereocenters. The summed E-state index contributed by atoms with van der Waals surface area (Å²) >= 11 is 0. The van der Waals surface area contributed by atoms with Gasteiger partial charge in [0.2, 0.25) is 5.91 Å². The van der Waals surface area contributed by atoms with Gasteiger partial charge in [0.05, 0.1) is 0 Å². The maximum atomic E-state index is 11.9. The summed E-state index contributed by atoms with van der Waals surface area (Å²) in [7, 11) is 0. The summed E-state index contributed by atoms with van der Waals surface area (Å²) in [6.45, 7) is 0.143. The molecule has 104 valence electrons. The number of aryl methyl sites for hydroxylation is 1. The summed E-state index contributed by atoms with van der Waals surface area (Å²) in [5, 5.41) is 21.8. The van der Waals surface area contributed by atoms with E-state index in [-0.39, 0.29) is 30.2 Å². The summed E-state index contributed by atoms with van der Waals surface area (Å²) in [6.07, 6.45) is 3.91. The second-order valence-corrected chi connectivity index (χ2v) is 5.18. The van der Waals surface area contributed by atoms with E-state index in [1.165, 1.54) is 0 Å². The van der Waals surface area contributed by atoms with Crippen molar-refractivity contribution in [1.82, 2.24) is 5.32 Å². The lowest BCUT2D eigenvalue weighted by Crippen LogP contribution is -2.38. The summed E-state index contributed by atoms with van der Waals surface area (Å²) in [5.74, 6) is 0.437. The van der Waals surface area contributed by atoms with Crippen LogP contribution in [0.3, 0.4) is 0 Å². The van der Waals surface area contributed by atoms with E-state index in [9.17, 15) is 15.0 Å². The number of carbonyl (C=O) groups is 1. The van der Waals surface area contributed by atoms with Crippen LogP contribution in [0.1, 0.15) is 31.2 Å². The molecule has 4 heteroatoms. The van der Waals surface area contributed by atoms with Gasteiger partial charge in [0.1, 0.15) is 5.75 Å². The normalized spacial score (nSPS) is 22.4. The molecule has 0 saturated heterocycles. The van der Waals surface area contributed by atoms with Crippen molar-refractivity contribution in [2.45, 2.75) is 38.1 Å². The number of nitrogens with one attached hydrogen (secondary N) is 1. The fourth-order valence-corrected chi connectivity index (χ4v) is 2.69. The lowest BCUT2D eigenvalue weighted by Gasteiger charge is -2.19. The van der Waals surface area contributed by atoms with Crippen LogP contribution in [0.2, 0.25) is 0 Å². The number of hydrogen-bond donors (Lipinski definition) is 3. The Morgan fingerprint density at radius 3 is 2.84 bits per heavy atom. The van der Waals surface area contributed by atoms with Crippen molar-refractivity contribution in [2.24, 2.45) is 5.92 Å². The molecular formula is C15H21NO3. The molecule has 2 atom stereocenters. The first-order valence-corrected chi connectivity index (χ1v) is 6.88. The Balaban J connectivity index is 1.80. The number of phenolic OH excluding ortho intramolecular Hbond substituents is 1. The van der Waals surface area contributed by atoms with Crippen LogP contribution in [0.4, 0.5) is 0 Å². The average Bonchev–Trinajstić information content (AvgIpc) is 2.85. The first kappa shape index (κ1) is 13.9. The molecule has 4 nitrogen and oxygen atoms in total. The number of aliphatic hydroxyl groups excluding tert-OH is 1. The number of aliphatic hydroxyl groups is 1. The van der Waals surface area contributed by atoms with Gasteiger partial charge in [-0.15, -0.1) is 0 Å². The third kappa shape index (κ3) is 3.70. The van der Waals surface area contributed by atoms with E-state index in [4.69, 9.17) is 0 Å². The molecule has 0 radical (unpaired) electrons. The van der Waals surface area contributed by atoms with Gasteiger partial charge < -0.3 is 15.5 Å². The lowest BCUT2D eigenvalue weighted by molar-refractivity contribution is -0.122. The number of rotatable bonds is 5. The molecule has 0 heterocycles. The third-order valence-electron chi connectivity index (χ3n) is 3.85. The van der Waals surface area contributed by atoms with Crippen molar-refractivity contribution in [3.63, 3.8) is 0 Å². The van der Waals surface area contributed by atoms with Crippen molar-refractivity contribution in [2.75, 3.05) is 6.61 Å². The highest BCUT2D eigenvalue weighted by Gasteiger charge is 2.27. The standard InChI is InChI=1S/C15H21NO3/c17-10-12-5-3-6-13(12)16-15(19)9-8-11-4-1-2-7-14(11)18/h1-2,4,7,12-13,17-18H,3,5-6,8-10H2,(H,16,19). The first-order chi connectivity index (χ1) is 9.20. The van der Waals surface area contributed by atoms with E-state index in [0.717, 1.165) is 24.8 Å². The van der Waals surface area contributed by atoms with E-state index in [0.29, 0.717) is 12.8 Å². The SMILES string of the molecule is O=C(CCc1ccccc1O)NC1CCCC1CO. The molecule has 1 aromatic rings. The van der Waals surface area contributed by atoms with Crippen molar-refractivity contribution in [3.05, 3.63) is 29.8 Å². The minimum atomic E-state index is -0.00592. The van der Waals surface area contributed by atoms with Gasteiger partial charge in [-0.2, -0.15) is 0 Å². The Morgan fingerprint density at radius 2 is 2.11 bits per heavy atom. The van der Waals surface area contributed by atoms with Gasteiger partial charge in [-0.05, 0) is 30.9 Å². The summed E-state index contributed by atoms with van der Waals surface area (Å²) in [6, 6.07) is 7.19. The number of hydrogen-bond acceptors (Lipinski definition) is 3. The maximum absolute atomic E-state index is 11.9. The molecule has 1 saturated carbocycles. The number of aromatic hydroxyl groups is 1. The molecular weight excluding hydrogens is 242 g/mol. The van der Waals surface area contributed by atoms with Crippen LogP contribution >= 0.6 is 0 Å². The minimum Gasteiger partial charge on any atom is -0.508 e. The Morgan fingerprint density at radius 1 is 1.32 bits per heavy atom. The number of para-hydroxylation sites is 1. The number of amides is 1. The summed E-state index contributed by atoms with van der Waals surface area (Å²) in [4.78, 5) is 11.9. The molecule has 3 N–H and O–H groups in total. The second-order valence-electron chi connectivity index (χ2n) is 5.18. The largest absolute Gasteiger partial charge is 0.508 e. The summed E-state index contributed by atoms with van der Waals surface area (Å²) in [5.41, 5.74) is 0.794. The minimum absolute atomic E-state index is 0.00592. The predicted molar refractivity (Wildman–Crippen MR) is 72.8 cm³/mol. The van der Waals surface area contributed by atoms with Gasteiger partial charge in [0.25, 0.3) is 0 Å². The zero-order valence-electron chi connectivity index (χ0n) is 11.0. The van der Waals surface area contributed by atoms with E-state index >= 15 is 0 Å². The van der Waals surface area contributed by atoms with Crippen LogP contribution in [-0.2, 0) is 11.2 Å². The Kier molecular flexibility index (Phi) is 4.80. The average molecular weight is 263 g/mol. The Bertz CT molecular complexity index is 433. The van der Waals surface area contributed by atoms with Gasteiger partial charge in [-0.25, -0.2) is 0 Å². The molecule has 19 heavy (non-hydrogen) atoms. The fraction of sp³-hybridized carbons (Fsp3) is 0.533. The van der Waals surface area contributed by atoms with Crippen LogP contribution in [-0.4, -0.2) is 28.8 Å². The van der Waals surface area contributed by atoms with E-state index in [1.54, 1.807) is 12.1 Å². The molecule has 0 aromatic heterocycles. The predicted octanol–water partition coefficient (Wildman–Crippen LogP) is 1.60. The topological polar surface area (TPSA) is 69.6 Å². The molecule has 0 spiro atoms. The number of phenols is 1. The molecule has 2 rings (SSSR count). The highest BCUT2D eigenvalue weighted by Crippen LogP contribution is 2.25. The second kappa shape index (κ2) is 6.57. The van der Waals surface area contributed by atoms with Crippen LogP contribution in [0, 0.1) is 5.92 Å². The van der Waals surface area contributed by atoms with Gasteiger partial charge in [-0.1, -0.05) is 24.6 Å². The van der Waals surface area contributed by atoms with Gasteiger partial charge in [-0.3, -0.25) is 4.79 Å². The monoisotopic (exact) mass is 263 g/mol. The van der Waals surface area contributed by atoms with E-state index < -0.39 is 0 Å². The highest BCUT2D eigenvalue weighted by molar-refractivity contribution is 5.76. The highest BCUT2D eigenvalue weighted by atomic mass is 16.3. The van der Waals surface area contributed by atoms with E-state index in [1.807, 2.05) is 12.1 Å². The van der Waals surface area contributed by atoms with Crippen LogP contribution in [0.5, 0.6) is 5.75 Å². The molecule has 1 aliphatic carbocycles. The quantitative estimate of drug-likeness (QED) is 0.756. The van der Waals surface area contributed by atoms with Crippen molar-refractivity contribution >= 4 is 5.91 Å². The van der Waals surface area contributed by atoms with Crippen LogP contribution in [0.25, 0.3) is 0 Å². The zero-order chi connectivity index (χ0) is 13.7. The van der Waals surface area contributed by atoms with Crippen molar-refractivity contribution in [3.8, 4) is 5.75 Å². The van der Waals surface area contributed by atoms with E-state index in [2.05, 4.69) is 5.32 Å². The van der Waals surface area contributed by atoms with Crippen LogP contribution in [0.15, 0.2) is 24.3 Å². The fourth-order valence-electron chi connectivity index (χ4n) is 2.69.